The highest BCUT2D eigenvalue weighted by molar-refractivity contribution is 9.10. The van der Waals surface area contributed by atoms with Crippen molar-refractivity contribution in [3.8, 4) is 0 Å². The fraction of sp³-hybridized carbons (Fsp3) is 0.500. The van der Waals surface area contributed by atoms with Gasteiger partial charge in [0.2, 0.25) is 0 Å². The lowest BCUT2D eigenvalue weighted by Gasteiger charge is -2.20. The lowest BCUT2D eigenvalue weighted by Crippen LogP contribution is -2.23. The monoisotopic (exact) mass is 273 g/mol. The second-order valence-electron chi connectivity index (χ2n) is 3.63. The van der Waals surface area contributed by atoms with Gasteiger partial charge in [-0.3, -0.25) is 0 Å². The summed E-state index contributed by atoms with van der Waals surface area (Å²) in [6, 6.07) is 1.82. The summed E-state index contributed by atoms with van der Waals surface area (Å²) < 4.78 is 0.871. The van der Waals surface area contributed by atoms with Crippen LogP contribution in [-0.4, -0.2) is 29.8 Å². The number of hydrogen-bond acceptors (Lipinski definition) is 4. The molecule has 0 amide bonds. The summed E-state index contributed by atoms with van der Waals surface area (Å²) >= 11 is 3.41. The normalized spacial score (nSPS) is 12.5. The third kappa shape index (κ3) is 3.68. The molecule has 0 radical (unpaired) electrons. The van der Waals surface area contributed by atoms with E-state index in [9.17, 15) is 5.11 Å². The van der Waals surface area contributed by atoms with E-state index in [-0.39, 0.29) is 6.10 Å². The Morgan fingerprint density at radius 2 is 2.33 bits per heavy atom. The lowest BCUT2D eigenvalue weighted by atomic mass is 10.3. The van der Waals surface area contributed by atoms with Gasteiger partial charge in [-0.05, 0) is 35.3 Å². The smallest absolute Gasteiger partial charge is 0.142 e. The zero-order valence-corrected chi connectivity index (χ0v) is 10.5. The quantitative estimate of drug-likeness (QED) is 0.876. The first-order valence-electron chi connectivity index (χ1n) is 4.81. The summed E-state index contributed by atoms with van der Waals surface area (Å²) in [7, 11) is 1.94. The average molecular weight is 274 g/mol. The van der Waals surface area contributed by atoms with Crippen LogP contribution in [0.15, 0.2) is 16.7 Å². The van der Waals surface area contributed by atoms with Crippen LogP contribution >= 0.6 is 15.9 Å². The Morgan fingerprint density at radius 3 is 2.87 bits per heavy atom. The van der Waals surface area contributed by atoms with Crippen molar-refractivity contribution in [2.45, 2.75) is 19.4 Å². The molecule has 1 unspecified atom stereocenters. The zero-order valence-electron chi connectivity index (χ0n) is 8.94. The number of halogens is 1. The van der Waals surface area contributed by atoms with Crippen molar-refractivity contribution in [3.63, 3.8) is 0 Å². The molecule has 0 spiro atoms. The van der Waals surface area contributed by atoms with Crippen molar-refractivity contribution < 1.29 is 5.11 Å². The van der Waals surface area contributed by atoms with E-state index in [1.54, 1.807) is 13.1 Å². The van der Waals surface area contributed by atoms with Crippen LogP contribution in [-0.2, 0) is 0 Å². The second-order valence-corrected chi connectivity index (χ2v) is 4.49. The molecule has 0 aromatic carbocycles. The number of pyridine rings is 1. The standard InChI is InChI=1S/C10H16BrN3O/c1-7(15)3-4-14(2)10-9(11)5-8(12)6-13-10/h5-7,15H,3-4,12H2,1-2H3. The summed E-state index contributed by atoms with van der Waals surface area (Å²) in [4.78, 5) is 6.21. The third-order valence-corrected chi connectivity index (χ3v) is 2.67. The molecule has 1 aromatic rings. The minimum atomic E-state index is -0.292. The average Bonchev–Trinajstić information content (AvgIpc) is 2.14. The SMILES string of the molecule is CC(O)CCN(C)c1ncc(N)cc1Br. The van der Waals surface area contributed by atoms with Crippen LogP contribution in [0, 0.1) is 0 Å². The highest BCUT2D eigenvalue weighted by Crippen LogP contribution is 2.24. The molecule has 0 saturated carbocycles. The predicted molar refractivity (Wildman–Crippen MR) is 65.9 cm³/mol. The molecule has 0 saturated heterocycles. The van der Waals surface area contributed by atoms with Crippen molar-refractivity contribution in [1.29, 1.82) is 0 Å². The molecule has 0 aliphatic carbocycles. The summed E-state index contributed by atoms with van der Waals surface area (Å²) in [5.74, 6) is 0.838. The van der Waals surface area contributed by atoms with Gasteiger partial charge in [0.1, 0.15) is 5.82 Å². The highest BCUT2D eigenvalue weighted by Gasteiger charge is 2.08. The van der Waals surface area contributed by atoms with E-state index < -0.39 is 0 Å². The molecule has 3 N–H and O–H groups in total. The van der Waals surface area contributed by atoms with Crippen LogP contribution < -0.4 is 10.6 Å². The number of aromatic nitrogens is 1. The highest BCUT2D eigenvalue weighted by atomic mass is 79.9. The van der Waals surface area contributed by atoms with Crippen molar-refractivity contribution in [1.82, 2.24) is 4.98 Å². The Hall–Kier alpha value is -0.810. The Labute approximate surface area is 98.2 Å². The van der Waals surface area contributed by atoms with E-state index in [2.05, 4.69) is 20.9 Å². The first-order valence-corrected chi connectivity index (χ1v) is 5.60. The van der Waals surface area contributed by atoms with Crippen molar-refractivity contribution in [2.24, 2.45) is 0 Å². The number of rotatable bonds is 4. The first-order chi connectivity index (χ1) is 7.00. The van der Waals surface area contributed by atoms with Gasteiger partial charge >= 0.3 is 0 Å². The molecular formula is C10H16BrN3O. The Morgan fingerprint density at radius 1 is 1.67 bits per heavy atom. The summed E-state index contributed by atoms with van der Waals surface area (Å²) in [6.07, 6.45) is 2.05. The number of nitrogens with two attached hydrogens (primary N) is 1. The van der Waals surface area contributed by atoms with E-state index in [0.717, 1.165) is 23.3 Å². The third-order valence-electron chi connectivity index (χ3n) is 2.09. The van der Waals surface area contributed by atoms with E-state index in [0.29, 0.717) is 5.69 Å². The van der Waals surface area contributed by atoms with Gasteiger partial charge in [0, 0.05) is 13.6 Å². The Kier molecular flexibility index (Phi) is 4.35. The topological polar surface area (TPSA) is 62.4 Å². The van der Waals surface area contributed by atoms with Crippen molar-refractivity contribution >= 4 is 27.4 Å². The van der Waals surface area contributed by atoms with Crippen LogP contribution in [0.4, 0.5) is 11.5 Å². The number of aliphatic hydroxyl groups excluding tert-OH is 1. The number of hydrogen-bond donors (Lipinski definition) is 2. The van der Waals surface area contributed by atoms with Gasteiger partial charge in [-0.1, -0.05) is 0 Å². The maximum Gasteiger partial charge on any atom is 0.142 e. The van der Waals surface area contributed by atoms with Crippen LogP contribution in [0.1, 0.15) is 13.3 Å². The van der Waals surface area contributed by atoms with Gasteiger partial charge in [0.25, 0.3) is 0 Å². The van der Waals surface area contributed by atoms with E-state index in [4.69, 9.17) is 5.73 Å². The number of aliphatic hydroxyl groups is 1. The minimum absolute atomic E-state index is 0.292. The van der Waals surface area contributed by atoms with Gasteiger partial charge < -0.3 is 15.7 Å². The largest absolute Gasteiger partial charge is 0.397 e. The van der Waals surface area contributed by atoms with Gasteiger partial charge in [-0.15, -0.1) is 0 Å². The molecule has 5 heteroatoms. The molecule has 0 aliphatic heterocycles. The predicted octanol–water partition coefficient (Wildman–Crippen LogP) is 1.63. The Balaban J connectivity index is 2.69. The molecule has 4 nitrogen and oxygen atoms in total. The molecule has 1 aromatic heterocycles. The number of nitrogen functional groups attached to an aromatic ring is 1. The fourth-order valence-corrected chi connectivity index (χ4v) is 1.88. The van der Waals surface area contributed by atoms with E-state index in [1.165, 1.54) is 0 Å². The van der Waals surface area contributed by atoms with Gasteiger partial charge in [-0.2, -0.15) is 0 Å². The minimum Gasteiger partial charge on any atom is -0.397 e. The molecule has 84 valence electrons. The van der Waals surface area contributed by atoms with E-state index in [1.807, 2.05) is 18.0 Å². The fourth-order valence-electron chi connectivity index (χ4n) is 1.21. The van der Waals surface area contributed by atoms with Crippen molar-refractivity contribution in [2.75, 3.05) is 24.2 Å². The van der Waals surface area contributed by atoms with E-state index >= 15 is 0 Å². The van der Waals surface area contributed by atoms with Gasteiger partial charge in [0.05, 0.1) is 22.5 Å². The van der Waals surface area contributed by atoms with Crippen LogP contribution in [0.5, 0.6) is 0 Å². The number of anilines is 2. The summed E-state index contributed by atoms with van der Waals surface area (Å²) in [6.45, 7) is 2.53. The summed E-state index contributed by atoms with van der Waals surface area (Å²) in [5.41, 5.74) is 6.23. The first kappa shape index (κ1) is 12.3. The Bertz CT molecular complexity index is 330. The van der Waals surface area contributed by atoms with Crippen molar-refractivity contribution in [3.05, 3.63) is 16.7 Å². The molecule has 0 bridgehead atoms. The van der Waals surface area contributed by atoms with Crippen LogP contribution in [0.3, 0.4) is 0 Å². The van der Waals surface area contributed by atoms with Crippen LogP contribution in [0.2, 0.25) is 0 Å². The van der Waals surface area contributed by atoms with Crippen LogP contribution in [0.25, 0.3) is 0 Å². The maximum absolute atomic E-state index is 9.18. The molecule has 0 fully saturated rings. The molecular weight excluding hydrogens is 258 g/mol. The summed E-state index contributed by atoms with van der Waals surface area (Å²) in [5, 5.41) is 9.18. The molecule has 1 heterocycles. The second kappa shape index (κ2) is 5.32. The van der Waals surface area contributed by atoms with Gasteiger partial charge in [0.15, 0.2) is 0 Å². The lowest BCUT2D eigenvalue weighted by molar-refractivity contribution is 0.187. The molecule has 1 atom stereocenters. The maximum atomic E-state index is 9.18. The zero-order chi connectivity index (χ0) is 11.4. The molecule has 0 aliphatic rings. The molecule has 1 rings (SSSR count). The molecule has 15 heavy (non-hydrogen) atoms. The van der Waals surface area contributed by atoms with Gasteiger partial charge in [-0.25, -0.2) is 4.98 Å². The number of nitrogens with zero attached hydrogens (tertiary/aromatic N) is 2.